The van der Waals surface area contributed by atoms with E-state index < -0.39 is 0 Å². The minimum Gasteiger partial charge on any atom is -0.383 e. The van der Waals surface area contributed by atoms with Gasteiger partial charge >= 0.3 is 0 Å². The molecule has 0 spiro atoms. The number of nitrogen functional groups attached to an aromatic ring is 2. The van der Waals surface area contributed by atoms with Crippen LogP contribution in [0.25, 0.3) is 0 Å². The molecule has 2 aromatic heterocycles. The van der Waals surface area contributed by atoms with Crippen molar-refractivity contribution in [2.75, 3.05) is 17.2 Å². The number of thioether (sulfide) groups is 1. The minimum atomic E-state index is 0.406. The Morgan fingerprint density at radius 1 is 1.06 bits per heavy atom. The Bertz CT molecular complexity index is 468. The number of aryl methyl sites for hydroxylation is 1. The van der Waals surface area contributed by atoms with Crippen LogP contribution in [0.5, 0.6) is 0 Å². The summed E-state index contributed by atoms with van der Waals surface area (Å²) in [7, 11) is 0. The van der Waals surface area contributed by atoms with Crippen molar-refractivity contribution in [3.63, 3.8) is 0 Å². The molecule has 6 heteroatoms. The molecule has 0 aliphatic carbocycles. The van der Waals surface area contributed by atoms with E-state index in [1.807, 2.05) is 12.1 Å². The van der Waals surface area contributed by atoms with E-state index in [2.05, 4.69) is 15.0 Å². The molecule has 0 saturated carbocycles. The van der Waals surface area contributed by atoms with Crippen LogP contribution in [0.1, 0.15) is 5.56 Å². The second-order valence-corrected chi connectivity index (χ2v) is 4.52. The molecule has 0 fully saturated rings. The predicted molar refractivity (Wildman–Crippen MR) is 69.5 cm³/mol. The van der Waals surface area contributed by atoms with E-state index in [4.69, 9.17) is 11.5 Å². The summed E-state index contributed by atoms with van der Waals surface area (Å²) in [6, 6.07) is 5.54. The van der Waals surface area contributed by atoms with Gasteiger partial charge in [-0.15, -0.1) is 0 Å². The van der Waals surface area contributed by atoms with Gasteiger partial charge in [0.15, 0.2) is 5.16 Å². The Balaban J connectivity index is 1.90. The SMILES string of the molecule is Nc1cc(N)nc(SCCc2ccncc2)n1. The van der Waals surface area contributed by atoms with Gasteiger partial charge in [0.2, 0.25) is 0 Å². The second-order valence-electron chi connectivity index (χ2n) is 3.45. The first kappa shape index (κ1) is 11.7. The van der Waals surface area contributed by atoms with Crippen molar-refractivity contribution in [1.82, 2.24) is 15.0 Å². The zero-order valence-corrected chi connectivity index (χ0v) is 10.0. The number of hydrogen-bond donors (Lipinski definition) is 2. The smallest absolute Gasteiger partial charge is 0.191 e. The van der Waals surface area contributed by atoms with Crippen LogP contribution in [0.15, 0.2) is 35.7 Å². The largest absolute Gasteiger partial charge is 0.383 e. The summed E-state index contributed by atoms with van der Waals surface area (Å²) in [5.41, 5.74) is 12.4. The van der Waals surface area contributed by atoms with Crippen LogP contribution >= 0.6 is 11.8 Å². The average molecular weight is 247 g/mol. The zero-order valence-electron chi connectivity index (χ0n) is 9.21. The van der Waals surface area contributed by atoms with E-state index >= 15 is 0 Å². The van der Waals surface area contributed by atoms with Crippen LogP contribution in [0.2, 0.25) is 0 Å². The molecule has 5 nitrogen and oxygen atoms in total. The molecule has 2 rings (SSSR count). The highest BCUT2D eigenvalue weighted by Crippen LogP contribution is 2.17. The fourth-order valence-corrected chi connectivity index (χ4v) is 2.20. The fraction of sp³-hybridized carbons (Fsp3) is 0.182. The summed E-state index contributed by atoms with van der Waals surface area (Å²) in [5.74, 6) is 1.69. The third-order valence-corrected chi connectivity index (χ3v) is 2.97. The normalized spacial score (nSPS) is 10.4. The van der Waals surface area contributed by atoms with Crippen molar-refractivity contribution >= 4 is 23.4 Å². The van der Waals surface area contributed by atoms with Crippen LogP contribution in [-0.4, -0.2) is 20.7 Å². The Morgan fingerprint density at radius 2 is 1.71 bits per heavy atom. The molecule has 0 radical (unpaired) electrons. The number of nitrogens with two attached hydrogens (primary N) is 2. The highest BCUT2D eigenvalue weighted by molar-refractivity contribution is 7.99. The quantitative estimate of drug-likeness (QED) is 0.626. The maximum atomic E-state index is 5.59. The van der Waals surface area contributed by atoms with Crippen molar-refractivity contribution in [3.8, 4) is 0 Å². The van der Waals surface area contributed by atoms with Gasteiger partial charge < -0.3 is 11.5 Å². The van der Waals surface area contributed by atoms with E-state index in [0.29, 0.717) is 16.8 Å². The number of anilines is 2. The Morgan fingerprint density at radius 3 is 2.35 bits per heavy atom. The van der Waals surface area contributed by atoms with Crippen LogP contribution in [-0.2, 0) is 6.42 Å². The van der Waals surface area contributed by atoms with Crippen LogP contribution < -0.4 is 11.5 Å². The Kier molecular flexibility index (Phi) is 3.77. The summed E-state index contributed by atoms with van der Waals surface area (Å²) < 4.78 is 0. The summed E-state index contributed by atoms with van der Waals surface area (Å²) in [6.07, 6.45) is 4.51. The van der Waals surface area contributed by atoms with Crippen LogP contribution in [0.4, 0.5) is 11.6 Å². The van der Waals surface area contributed by atoms with Gasteiger partial charge in [-0.05, 0) is 24.1 Å². The minimum absolute atomic E-state index is 0.406. The molecule has 2 aromatic rings. The van der Waals surface area contributed by atoms with E-state index in [0.717, 1.165) is 12.2 Å². The summed E-state index contributed by atoms with van der Waals surface area (Å²) in [5, 5.41) is 0.622. The third-order valence-electron chi connectivity index (χ3n) is 2.12. The third kappa shape index (κ3) is 3.60. The van der Waals surface area contributed by atoms with Crippen LogP contribution in [0.3, 0.4) is 0 Å². The topological polar surface area (TPSA) is 90.7 Å². The standard InChI is InChI=1S/C11H13N5S/c12-9-7-10(13)16-11(15-9)17-6-3-8-1-4-14-5-2-8/h1-2,4-5,7H,3,6H2,(H4,12,13,15,16). The monoisotopic (exact) mass is 247 g/mol. The van der Waals surface area contributed by atoms with Gasteiger partial charge in [0.25, 0.3) is 0 Å². The molecule has 88 valence electrons. The van der Waals surface area contributed by atoms with Crippen LogP contribution in [0, 0.1) is 0 Å². The van der Waals surface area contributed by atoms with Crippen molar-refractivity contribution in [1.29, 1.82) is 0 Å². The Hall–Kier alpha value is -1.82. The molecule has 17 heavy (non-hydrogen) atoms. The molecule has 0 amide bonds. The first-order valence-electron chi connectivity index (χ1n) is 5.16. The highest BCUT2D eigenvalue weighted by atomic mass is 32.2. The zero-order chi connectivity index (χ0) is 12.1. The number of rotatable bonds is 4. The lowest BCUT2D eigenvalue weighted by molar-refractivity contribution is 0.980. The first-order chi connectivity index (χ1) is 8.24. The number of aromatic nitrogens is 3. The van der Waals surface area contributed by atoms with Gasteiger partial charge in [-0.2, -0.15) is 0 Å². The molecule has 4 N–H and O–H groups in total. The molecule has 2 heterocycles. The second kappa shape index (κ2) is 5.49. The fourth-order valence-electron chi connectivity index (χ4n) is 1.34. The summed E-state index contributed by atoms with van der Waals surface area (Å²) in [4.78, 5) is 12.2. The van der Waals surface area contributed by atoms with Gasteiger partial charge in [-0.3, -0.25) is 4.98 Å². The van der Waals surface area contributed by atoms with E-state index in [-0.39, 0.29) is 0 Å². The number of hydrogen-bond acceptors (Lipinski definition) is 6. The number of pyridine rings is 1. The van der Waals surface area contributed by atoms with Gasteiger partial charge in [0.1, 0.15) is 11.6 Å². The van der Waals surface area contributed by atoms with Gasteiger partial charge in [-0.25, -0.2) is 9.97 Å². The van der Waals surface area contributed by atoms with Crippen molar-refractivity contribution < 1.29 is 0 Å². The molecule has 0 aromatic carbocycles. The van der Waals surface area contributed by atoms with Gasteiger partial charge in [0.05, 0.1) is 0 Å². The lowest BCUT2D eigenvalue weighted by atomic mass is 10.2. The molecule has 0 bridgehead atoms. The van der Waals surface area contributed by atoms with Crippen molar-refractivity contribution in [2.24, 2.45) is 0 Å². The highest BCUT2D eigenvalue weighted by Gasteiger charge is 2.01. The molecule has 0 aliphatic heterocycles. The first-order valence-corrected chi connectivity index (χ1v) is 6.14. The molecular weight excluding hydrogens is 234 g/mol. The van der Waals surface area contributed by atoms with Gasteiger partial charge in [-0.1, -0.05) is 11.8 Å². The summed E-state index contributed by atoms with van der Waals surface area (Å²) >= 11 is 1.54. The van der Waals surface area contributed by atoms with E-state index in [9.17, 15) is 0 Å². The average Bonchev–Trinajstić information content (AvgIpc) is 2.29. The molecular formula is C11H13N5S. The number of nitrogens with zero attached hydrogens (tertiary/aromatic N) is 3. The predicted octanol–water partition coefficient (Wildman–Crippen LogP) is 1.37. The van der Waals surface area contributed by atoms with E-state index in [1.54, 1.807) is 30.2 Å². The molecule has 0 saturated heterocycles. The van der Waals surface area contributed by atoms with Crippen molar-refractivity contribution in [3.05, 3.63) is 36.2 Å². The van der Waals surface area contributed by atoms with Crippen molar-refractivity contribution in [2.45, 2.75) is 11.6 Å². The lowest BCUT2D eigenvalue weighted by Crippen LogP contribution is -2.00. The Labute approximate surface area is 104 Å². The lowest BCUT2D eigenvalue weighted by Gasteiger charge is -2.02. The summed E-state index contributed by atoms with van der Waals surface area (Å²) in [6.45, 7) is 0. The molecule has 0 atom stereocenters. The molecule has 0 aliphatic rings. The van der Waals surface area contributed by atoms with Gasteiger partial charge in [0, 0.05) is 24.2 Å². The maximum Gasteiger partial charge on any atom is 0.191 e. The molecule has 0 unspecified atom stereocenters. The van der Waals surface area contributed by atoms with E-state index in [1.165, 1.54) is 5.56 Å². The maximum absolute atomic E-state index is 5.59.